The number of hydrogen-bond acceptors (Lipinski definition) is 4. The smallest absolute Gasteiger partial charge is 0.270 e. The molecule has 0 aliphatic carbocycles. The highest BCUT2D eigenvalue weighted by atomic mass is 35.5. The Morgan fingerprint density at radius 1 is 1.19 bits per heavy atom. The van der Waals surface area contributed by atoms with Crippen LogP contribution in [-0.4, -0.2) is 30.6 Å². The average Bonchev–Trinajstić information content (AvgIpc) is 2.67. The van der Waals surface area contributed by atoms with Crippen LogP contribution in [0.1, 0.15) is 28.8 Å². The lowest BCUT2D eigenvalue weighted by atomic mass is 9.74. The number of non-ortho nitro benzene ring substituents is 1. The molecule has 1 aliphatic heterocycles. The van der Waals surface area contributed by atoms with Gasteiger partial charge >= 0.3 is 0 Å². The summed E-state index contributed by atoms with van der Waals surface area (Å²) in [5, 5.41) is 14.0. The summed E-state index contributed by atoms with van der Waals surface area (Å²) in [6.45, 7) is 1.67. The first-order valence-corrected chi connectivity index (χ1v) is 8.75. The molecule has 1 aliphatic rings. The van der Waals surface area contributed by atoms with Gasteiger partial charge < -0.3 is 10.1 Å². The molecule has 1 N–H and O–H groups in total. The molecule has 1 fully saturated rings. The lowest BCUT2D eigenvalue weighted by molar-refractivity contribution is -0.384. The standard InChI is InChI=1S/C19H19ClN2O4/c20-17-7-6-15(22(24)25)12-16(17)18(23)21-13-19(8-10-26-11-9-19)14-4-2-1-3-5-14/h1-7,12H,8-11,13H2,(H,21,23). The molecule has 0 unspecified atom stereocenters. The van der Waals surface area contributed by atoms with Crippen LogP contribution in [0, 0.1) is 10.1 Å². The van der Waals surface area contributed by atoms with Crippen molar-refractivity contribution in [3.63, 3.8) is 0 Å². The van der Waals surface area contributed by atoms with Gasteiger partial charge in [-0.05, 0) is 24.5 Å². The van der Waals surface area contributed by atoms with Crippen molar-refractivity contribution in [1.82, 2.24) is 5.32 Å². The molecule has 1 amide bonds. The Hall–Kier alpha value is -2.44. The Bertz CT molecular complexity index is 804. The molecule has 0 atom stereocenters. The Morgan fingerprint density at radius 2 is 1.88 bits per heavy atom. The van der Waals surface area contributed by atoms with Crippen molar-refractivity contribution >= 4 is 23.2 Å². The van der Waals surface area contributed by atoms with Crippen LogP contribution in [0.5, 0.6) is 0 Å². The molecule has 136 valence electrons. The summed E-state index contributed by atoms with van der Waals surface area (Å²) in [7, 11) is 0. The van der Waals surface area contributed by atoms with Gasteiger partial charge in [-0.25, -0.2) is 0 Å². The predicted octanol–water partition coefficient (Wildman–Crippen LogP) is 3.73. The number of ether oxygens (including phenoxy) is 1. The molecule has 0 saturated carbocycles. The van der Waals surface area contributed by atoms with Crippen molar-refractivity contribution in [3.05, 3.63) is 74.8 Å². The lowest BCUT2D eigenvalue weighted by Gasteiger charge is -2.38. The maximum Gasteiger partial charge on any atom is 0.270 e. The number of hydrogen-bond donors (Lipinski definition) is 1. The molecule has 0 spiro atoms. The summed E-state index contributed by atoms with van der Waals surface area (Å²) in [5.41, 5.74) is 0.871. The maximum absolute atomic E-state index is 12.6. The van der Waals surface area contributed by atoms with Crippen molar-refractivity contribution < 1.29 is 14.5 Å². The molecule has 2 aromatic carbocycles. The minimum Gasteiger partial charge on any atom is -0.381 e. The second-order valence-electron chi connectivity index (χ2n) is 6.36. The third-order valence-corrected chi connectivity index (χ3v) is 5.16. The van der Waals surface area contributed by atoms with Gasteiger partial charge in [0, 0.05) is 37.3 Å². The average molecular weight is 375 g/mol. The van der Waals surface area contributed by atoms with E-state index < -0.39 is 10.8 Å². The number of halogens is 1. The monoisotopic (exact) mass is 374 g/mol. The zero-order chi connectivity index (χ0) is 18.6. The molecular weight excluding hydrogens is 356 g/mol. The molecule has 3 rings (SSSR count). The third-order valence-electron chi connectivity index (χ3n) is 4.83. The van der Waals surface area contributed by atoms with E-state index in [1.807, 2.05) is 18.2 Å². The largest absolute Gasteiger partial charge is 0.381 e. The predicted molar refractivity (Wildman–Crippen MR) is 98.6 cm³/mol. The molecule has 0 radical (unpaired) electrons. The number of rotatable bonds is 5. The minimum atomic E-state index is -0.545. The number of amides is 1. The summed E-state index contributed by atoms with van der Waals surface area (Å²) in [4.78, 5) is 23.0. The Morgan fingerprint density at radius 3 is 2.54 bits per heavy atom. The zero-order valence-electron chi connectivity index (χ0n) is 14.1. The highest BCUT2D eigenvalue weighted by molar-refractivity contribution is 6.33. The molecule has 7 heteroatoms. The van der Waals surface area contributed by atoms with Crippen LogP contribution in [0.25, 0.3) is 0 Å². The molecule has 6 nitrogen and oxygen atoms in total. The van der Waals surface area contributed by atoms with Gasteiger partial charge in [0.15, 0.2) is 0 Å². The second-order valence-corrected chi connectivity index (χ2v) is 6.77. The van der Waals surface area contributed by atoms with E-state index in [0.29, 0.717) is 19.8 Å². The lowest BCUT2D eigenvalue weighted by Crippen LogP contribution is -2.44. The van der Waals surface area contributed by atoms with Crippen molar-refractivity contribution in [3.8, 4) is 0 Å². The maximum atomic E-state index is 12.6. The first kappa shape index (κ1) is 18.4. The molecular formula is C19H19ClN2O4. The number of nitrogens with zero attached hydrogens (tertiary/aromatic N) is 1. The SMILES string of the molecule is O=C(NCC1(c2ccccc2)CCOCC1)c1cc([N+](=O)[O-])ccc1Cl. The van der Waals surface area contributed by atoms with Crippen molar-refractivity contribution in [2.45, 2.75) is 18.3 Å². The van der Waals surface area contributed by atoms with E-state index in [0.717, 1.165) is 18.4 Å². The first-order valence-electron chi connectivity index (χ1n) is 8.37. The van der Waals surface area contributed by atoms with Crippen molar-refractivity contribution in [2.75, 3.05) is 19.8 Å². The highest BCUT2D eigenvalue weighted by Crippen LogP contribution is 2.34. The first-order chi connectivity index (χ1) is 12.5. The normalized spacial score (nSPS) is 16.0. The molecule has 1 heterocycles. The minimum absolute atomic E-state index is 0.108. The summed E-state index contributed by atoms with van der Waals surface area (Å²) >= 11 is 6.07. The number of nitro groups is 1. The molecule has 0 aromatic heterocycles. The summed E-state index contributed by atoms with van der Waals surface area (Å²) in [6.07, 6.45) is 1.58. The fourth-order valence-corrected chi connectivity index (χ4v) is 3.47. The molecule has 26 heavy (non-hydrogen) atoms. The van der Waals surface area contributed by atoms with Gasteiger partial charge in [-0.3, -0.25) is 14.9 Å². The van der Waals surface area contributed by atoms with Gasteiger partial charge in [-0.2, -0.15) is 0 Å². The number of nitrogens with one attached hydrogen (secondary N) is 1. The van der Waals surface area contributed by atoms with Crippen LogP contribution in [0.4, 0.5) is 5.69 Å². The summed E-state index contributed by atoms with van der Waals surface area (Å²) < 4.78 is 5.49. The number of benzene rings is 2. The molecule has 2 aromatic rings. The summed E-state index contributed by atoms with van der Waals surface area (Å²) in [5.74, 6) is -0.416. The van der Waals surface area contributed by atoms with E-state index in [1.165, 1.54) is 18.2 Å². The molecule has 0 bridgehead atoms. The van der Waals surface area contributed by atoms with Gasteiger partial charge in [-0.1, -0.05) is 41.9 Å². The van der Waals surface area contributed by atoms with Crippen LogP contribution in [0.3, 0.4) is 0 Å². The fraction of sp³-hybridized carbons (Fsp3) is 0.316. The Labute approximate surface area is 156 Å². The van der Waals surface area contributed by atoms with E-state index in [2.05, 4.69) is 17.4 Å². The fourth-order valence-electron chi connectivity index (χ4n) is 3.27. The van der Waals surface area contributed by atoms with Crippen LogP contribution >= 0.6 is 11.6 Å². The highest BCUT2D eigenvalue weighted by Gasteiger charge is 2.35. The number of nitro benzene ring substituents is 1. The second kappa shape index (κ2) is 7.85. The van der Waals surface area contributed by atoms with E-state index in [4.69, 9.17) is 16.3 Å². The van der Waals surface area contributed by atoms with E-state index in [9.17, 15) is 14.9 Å². The number of carbonyl (C=O) groups excluding carboxylic acids is 1. The van der Waals surface area contributed by atoms with Gasteiger partial charge in [0.1, 0.15) is 0 Å². The topological polar surface area (TPSA) is 81.5 Å². The third kappa shape index (κ3) is 3.86. The summed E-state index contributed by atoms with van der Waals surface area (Å²) in [6, 6.07) is 13.9. The van der Waals surface area contributed by atoms with Crippen molar-refractivity contribution in [2.24, 2.45) is 0 Å². The van der Waals surface area contributed by atoms with Gasteiger partial charge in [0.25, 0.3) is 11.6 Å². The van der Waals surface area contributed by atoms with Crippen LogP contribution in [-0.2, 0) is 10.2 Å². The van der Waals surface area contributed by atoms with Crippen molar-refractivity contribution in [1.29, 1.82) is 0 Å². The number of carbonyl (C=O) groups is 1. The van der Waals surface area contributed by atoms with E-state index in [-0.39, 0.29) is 21.7 Å². The van der Waals surface area contributed by atoms with E-state index in [1.54, 1.807) is 0 Å². The van der Waals surface area contributed by atoms with Gasteiger partial charge in [0.05, 0.1) is 15.5 Å². The van der Waals surface area contributed by atoms with Crippen LogP contribution in [0.15, 0.2) is 48.5 Å². The van der Waals surface area contributed by atoms with Crippen LogP contribution < -0.4 is 5.32 Å². The van der Waals surface area contributed by atoms with Crippen LogP contribution in [0.2, 0.25) is 5.02 Å². The molecule has 1 saturated heterocycles. The van der Waals surface area contributed by atoms with Gasteiger partial charge in [-0.15, -0.1) is 0 Å². The zero-order valence-corrected chi connectivity index (χ0v) is 14.9. The van der Waals surface area contributed by atoms with Gasteiger partial charge in [0.2, 0.25) is 0 Å². The quantitative estimate of drug-likeness (QED) is 0.638. The Balaban J connectivity index is 1.80. The van der Waals surface area contributed by atoms with E-state index >= 15 is 0 Å². The Kier molecular flexibility index (Phi) is 5.54.